The number of hydrogen-bond donors (Lipinski definition) is 1. The Hall–Kier alpha value is -2.56. The molecule has 0 saturated carbocycles. The predicted molar refractivity (Wildman–Crippen MR) is 76.0 cm³/mol. The molecule has 1 heterocycles. The van der Waals surface area contributed by atoms with Gasteiger partial charge in [0.15, 0.2) is 5.78 Å². The van der Waals surface area contributed by atoms with Gasteiger partial charge in [0.1, 0.15) is 11.3 Å². The summed E-state index contributed by atoms with van der Waals surface area (Å²) in [5.74, 6) is -0.485. The lowest BCUT2D eigenvalue weighted by molar-refractivity contribution is 0.104. The molecule has 0 aliphatic heterocycles. The van der Waals surface area contributed by atoms with Crippen molar-refractivity contribution in [3.05, 3.63) is 52.0 Å². The van der Waals surface area contributed by atoms with E-state index >= 15 is 0 Å². The van der Waals surface area contributed by atoms with Crippen LogP contribution in [-0.4, -0.2) is 29.9 Å². The molecule has 0 amide bonds. The number of rotatable bonds is 3. The van der Waals surface area contributed by atoms with Crippen LogP contribution in [0.15, 0.2) is 39.7 Å². The molecular weight excluding hydrogens is 258 g/mol. The number of benzene rings is 1. The van der Waals surface area contributed by atoms with Gasteiger partial charge in [-0.25, -0.2) is 4.79 Å². The summed E-state index contributed by atoms with van der Waals surface area (Å²) in [6.45, 7) is 1.68. The molecule has 0 fully saturated rings. The first-order chi connectivity index (χ1) is 9.40. The van der Waals surface area contributed by atoms with Crippen LogP contribution in [0.1, 0.15) is 15.9 Å². The fraction of sp³-hybridized carbons (Fsp3) is 0.200. The van der Waals surface area contributed by atoms with Crippen LogP contribution >= 0.6 is 0 Å². The Labute approximate surface area is 115 Å². The Morgan fingerprint density at radius 1 is 1.35 bits per heavy atom. The molecule has 1 aromatic carbocycles. The largest absolute Gasteiger partial charge is 0.506 e. The van der Waals surface area contributed by atoms with Gasteiger partial charge in [0.05, 0.1) is 10.9 Å². The summed E-state index contributed by atoms with van der Waals surface area (Å²) < 4.78 is 5.00. The van der Waals surface area contributed by atoms with E-state index in [9.17, 15) is 14.7 Å². The molecule has 5 heteroatoms. The summed E-state index contributed by atoms with van der Waals surface area (Å²) in [6.07, 6.45) is 2.97. The molecule has 0 atom stereocenters. The summed E-state index contributed by atoms with van der Waals surface area (Å²) in [5, 5.41) is 10.6. The highest BCUT2D eigenvalue weighted by Crippen LogP contribution is 2.30. The molecule has 0 radical (unpaired) electrons. The highest BCUT2D eigenvalue weighted by atomic mass is 16.4. The highest BCUT2D eigenvalue weighted by molar-refractivity contribution is 6.10. The van der Waals surface area contributed by atoms with Crippen molar-refractivity contribution >= 4 is 16.8 Å². The third kappa shape index (κ3) is 2.56. The molecule has 5 nitrogen and oxygen atoms in total. The topological polar surface area (TPSA) is 70.8 Å². The minimum atomic E-state index is -0.485. The zero-order valence-corrected chi connectivity index (χ0v) is 11.5. The number of allylic oxidation sites excluding steroid dienone is 1. The minimum Gasteiger partial charge on any atom is -0.506 e. The van der Waals surface area contributed by atoms with E-state index in [2.05, 4.69) is 0 Å². The Balaban J connectivity index is 2.60. The zero-order valence-electron chi connectivity index (χ0n) is 11.5. The second-order valence-corrected chi connectivity index (χ2v) is 4.73. The standard InChI is InChI=1S/C15H15NO4/c1-9-8-13(18)20-12-5-4-10(15(19)14(9)12)11(17)6-7-16(2)3/h4-8,19H,1-3H3. The molecule has 0 aliphatic carbocycles. The molecule has 2 aromatic rings. The van der Waals surface area contributed by atoms with Crippen LogP contribution in [0.3, 0.4) is 0 Å². The second-order valence-electron chi connectivity index (χ2n) is 4.73. The average Bonchev–Trinajstić information content (AvgIpc) is 2.35. The van der Waals surface area contributed by atoms with E-state index in [1.54, 1.807) is 32.1 Å². The molecule has 0 unspecified atom stereocenters. The van der Waals surface area contributed by atoms with Crippen LogP contribution in [0.25, 0.3) is 11.0 Å². The number of carbonyl (C=O) groups is 1. The summed E-state index contributed by atoms with van der Waals surface area (Å²) in [4.78, 5) is 25.0. The van der Waals surface area contributed by atoms with Crippen molar-refractivity contribution in [3.63, 3.8) is 0 Å². The quantitative estimate of drug-likeness (QED) is 0.526. The van der Waals surface area contributed by atoms with Crippen LogP contribution in [0.4, 0.5) is 0 Å². The van der Waals surface area contributed by atoms with Crippen molar-refractivity contribution in [3.8, 4) is 5.75 Å². The SMILES string of the molecule is Cc1cc(=O)oc2ccc(C(=O)C=CN(C)C)c(O)c12. The second kappa shape index (κ2) is 5.21. The molecule has 1 aromatic heterocycles. The van der Waals surface area contributed by atoms with Crippen molar-refractivity contribution < 1.29 is 14.3 Å². The predicted octanol–water partition coefficient (Wildman–Crippen LogP) is 2.07. The van der Waals surface area contributed by atoms with Crippen LogP contribution in [0.5, 0.6) is 5.75 Å². The van der Waals surface area contributed by atoms with Gasteiger partial charge in [0.2, 0.25) is 0 Å². The number of aryl methyl sites for hydroxylation is 1. The maximum Gasteiger partial charge on any atom is 0.336 e. The molecule has 104 valence electrons. The van der Waals surface area contributed by atoms with E-state index in [1.165, 1.54) is 24.3 Å². The molecule has 0 saturated heterocycles. The molecular formula is C15H15NO4. The number of phenols is 1. The monoisotopic (exact) mass is 273 g/mol. The van der Waals surface area contributed by atoms with Crippen LogP contribution in [0.2, 0.25) is 0 Å². The number of carbonyl (C=O) groups excluding carboxylic acids is 1. The first kappa shape index (κ1) is 13.9. The smallest absolute Gasteiger partial charge is 0.336 e. The maximum absolute atomic E-state index is 12.0. The molecule has 20 heavy (non-hydrogen) atoms. The summed E-state index contributed by atoms with van der Waals surface area (Å²) in [5.41, 5.74) is 0.522. The first-order valence-corrected chi connectivity index (χ1v) is 6.05. The Kier molecular flexibility index (Phi) is 3.61. The van der Waals surface area contributed by atoms with Crippen molar-refractivity contribution in [1.82, 2.24) is 4.90 Å². The molecule has 0 bridgehead atoms. The minimum absolute atomic E-state index is 0.169. The van der Waals surface area contributed by atoms with Gasteiger partial charge in [-0.1, -0.05) is 0 Å². The fourth-order valence-corrected chi connectivity index (χ4v) is 1.93. The lowest BCUT2D eigenvalue weighted by atomic mass is 10.0. The van der Waals surface area contributed by atoms with Crippen molar-refractivity contribution in [2.75, 3.05) is 14.1 Å². The van der Waals surface area contributed by atoms with Gasteiger partial charge in [0.25, 0.3) is 0 Å². The first-order valence-electron chi connectivity index (χ1n) is 6.05. The molecule has 0 aliphatic rings. The van der Waals surface area contributed by atoms with Gasteiger partial charge < -0.3 is 14.4 Å². The summed E-state index contributed by atoms with van der Waals surface area (Å²) in [6, 6.07) is 4.24. The van der Waals surface area contributed by atoms with Gasteiger partial charge in [-0.2, -0.15) is 0 Å². The number of aromatic hydroxyl groups is 1. The average molecular weight is 273 g/mol. The molecule has 0 spiro atoms. The fourth-order valence-electron chi connectivity index (χ4n) is 1.93. The van der Waals surface area contributed by atoms with Gasteiger partial charge >= 0.3 is 5.63 Å². The van der Waals surface area contributed by atoms with Gasteiger partial charge in [-0.05, 0) is 24.6 Å². The van der Waals surface area contributed by atoms with E-state index in [1.807, 2.05) is 0 Å². The lowest BCUT2D eigenvalue weighted by Gasteiger charge is -2.07. The van der Waals surface area contributed by atoms with Crippen LogP contribution in [-0.2, 0) is 0 Å². The normalized spacial score (nSPS) is 11.2. The Morgan fingerprint density at radius 3 is 2.70 bits per heavy atom. The van der Waals surface area contributed by atoms with E-state index in [0.717, 1.165) is 0 Å². The van der Waals surface area contributed by atoms with Gasteiger partial charge in [0, 0.05) is 32.4 Å². The van der Waals surface area contributed by atoms with Crippen molar-refractivity contribution in [2.45, 2.75) is 6.92 Å². The summed E-state index contributed by atoms with van der Waals surface area (Å²) >= 11 is 0. The molecule has 2 rings (SSSR count). The van der Waals surface area contributed by atoms with Crippen molar-refractivity contribution in [2.24, 2.45) is 0 Å². The zero-order chi connectivity index (χ0) is 14.9. The summed E-state index contributed by atoms with van der Waals surface area (Å²) in [7, 11) is 3.59. The number of fused-ring (bicyclic) bond motifs is 1. The van der Waals surface area contributed by atoms with Crippen molar-refractivity contribution in [1.29, 1.82) is 0 Å². The number of nitrogens with zero attached hydrogens (tertiary/aromatic N) is 1. The Bertz CT molecular complexity index is 756. The van der Waals surface area contributed by atoms with E-state index in [-0.39, 0.29) is 22.7 Å². The highest BCUT2D eigenvalue weighted by Gasteiger charge is 2.15. The third-order valence-electron chi connectivity index (χ3n) is 2.87. The van der Waals surface area contributed by atoms with E-state index in [0.29, 0.717) is 10.9 Å². The number of phenolic OH excluding ortho intramolecular Hbond substituents is 1. The number of ketones is 1. The van der Waals surface area contributed by atoms with Gasteiger partial charge in [-0.3, -0.25) is 4.79 Å². The third-order valence-corrected chi connectivity index (χ3v) is 2.87. The van der Waals surface area contributed by atoms with E-state index in [4.69, 9.17) is 4.42 Å². The van der Waals surface area contributed by atoms with E-state index < -0.39 is 5.63 Å². The van der Waals surface area contributed by atoms with Crippen LogP contribution in [0, 0.1) is 6.92 Å². The lowest BCUT2D eigenvalue weighted by Crippen LogP contribution is -2.04. The van der Waals surface area contributed by atoms with Crippen LogP contribution < -0.4 is 5.63 Å². The Morgan fingerprint density at radius 2 is 2.05 bits per heavy atom. The van der Waals surface area contributed by atoms with Gasteiger partial charge in [-0.15, -0.1) is 0 Å². The maximum atomic E-state index is 12.0. The number of hydrogen-bond acceptors (Lipinski definition) is 5. The molecule has 1 N–H and O–H groups in total.